The Kier molecular flexibility index (Phi) is 10.7. The molecule has 0 aromatic rings. The molecular formula is C21H37N5O6. The normalized spacial score (nSPS) is 26.4. The molecule has 182 valence electrons. The van der Waals surface area contributed by atoms with Gasteiger partial charge in [0.25, 0.3) is 0 Å². The Balaban J connectivity index is 1.92. The zero-order valence-electron chi connectivity index (χ0n) is 19.0. The van der Waals surface area contributed by atoms with Crippen molar-refractivity contribution in [1.82, 2.24) is 10.9 Å². The number of nitrogens with two attached hydrogens (primary N) is 2. The Morgan fingerprint density at radius 1 is 1.12 bits per heavy atom. The van der Waals surface area contributed by atoms with Crippen LogP contribution in [0.2, 0.25) is 0 Å². The fourth-order valence-electron chi connectivity index (χ4n) is 4.60. The summed E-state index contributed by atoms with van der Waals surface area (Å²) in [4.78, 5) is 36.8. The number of carbonyl (C=O) groups excluding carboxylic acids is 3. The molecule has 2 rings (SSSR count). The molecule has 0 spiro atoms. The first-order valence-corrected chi connectivity index (χ1v) is 11.4. The predicted molar refractivity (Wildman–Crippen MR) is 117 cm³/mol. The van der Waals surface area contributed by atoms with Crippen LogP contribution in [0.5, 0.6) is 0 Å². The van der Waals surface area contributed by atoms with Crippen LogP contribution in [0.4, 0.5) is 0 Å². The van der Waals surface area contributed by atoms with E-state index in [2.05, 4.69) is 16.0 Å². The number of piperidine rings is 1. The van der Waals surface area contributed by atoms with E-state index in [1.165, 1.54) is 0 Å². The van der Waals surface area contributed by atoms with Crippen LogP contribution in [0.25, 0.3) is 0 Å². The number of hydrazone groups is 1. The van der Waals surface area contributed by atoms with Crippen LogP contribution in [0, 0.1) is 17.8 Å². The lowest BCUT2D eigenvalue weighted by Crippen LogP contribution is -2.51. The summed E-state index contributed by atoms with van der Waals surface area (Å²) in [5.41, 5.74) is 8.02. The smallest absolute Gasteiger partial charge is 0.348 e. The Labute approximate surface area is 188 Å². The highest BCUT2D eigenvalue weighted by atomic mass is 16.6. The zero-order valence-corrected chi connectivity index (χ0v) is 19.0. The lowest BCUT2D eigenvalue weighted by atomic mass is 9.69. The minimum atomic E-state index is -1.31. The molecule has 1 aliphatic carbocycles. The van der Waals surface area contributed by atoms with Gasteiger partial charge >= 0.3 is 17.9 Å². The molecule has 5 atom stereocenters. The standard InChI is InChI=1S/C21H37N5O6/c1-3-30-19(27)11-17(21(29)31-4-2)32-20(28)16-10-15-9-13(5-7-14(15)12-24-16)6-8-18(22)25-26-23/h13-17,24,26H,3-12,23H2,1-2H3,(H2,22,25). The number of esters is 3. The van der Waals surface area contributed by atoms with Crippen molar-refractivity contribution in [3.05, 3.63) is 0 Å². The molecule has 1 saturated heterocycles. The summed E-state index contributed by atoms with van der Waals surface area (Å²) in [7, 11) is 0. The monoisotopic (exact) mass is 455 g/mol. The molecule has 11 nitrogen and oxygen atoms in total. The van der Waals surface area contributed by atoms with Gasteiger partial charge in [-0.05, 0) is 63.8 Å². The summed E-state index contributed by atoms with van der Waals surface area (Å²) in [5, 5.41) is 7.04. The van der Waals surface area contributed by atoms with Crippen molar-refractivity contribution in [2.45, 2.75) is 70.9 Å². The van der Waals surface area contributed by atoms with E-state index in [9.17, 15) is 14.4 Å². The first-order chi connectivity index (χ1) is 15.4. The van der Waals surface area contributed by atoms with Crippen LogP contribution in [-0.4, -0.2) is 55.6 Å². The first kappa shape index (κ1) is 25.9. The SMILES string of the molecule is CCOC(=O)CC(OC(=O)C1CC2CC(CC/C(N)=N/NN)CCC2CN1)C(=O)OCC. The highest BCUT2D eigenvalue weighted by Gasteiger charge is 2.39. The van der Waals surface area contributed by atoms with Gasteiger partial charge in [-0.1, -0.05) is 6.42 Å². The second-order valence-electron chi connectivity index (χ2n) is 8.35. The van der Waals surface area contributed by atoms with Crippen LogP contribution in [-0.2, 0) is 28.6 Å². The van der Waals surface area contributed by atoms with E-state index in [4.69, 9.17) is 25.8 Å². The Bertz CT molecular complexity index is 673. The molecule has 0 aromatic carbocycles. The van der Waals surface area contributed by atoms with Crippen LogP contribution in [0.3, 0.4) is 0 Å². The maximum atomic E-state index is 12.8. The summed E-state index contributed by atoms with van der Waals surface area (Å²) in [6.45, 7) is 4.34. The van der Waals surface area contributed by atoms with E-state index < -0.39 is 30.1 Å². The van der Waals surface area contributed by atoms with Crippen LogP contribution in [0.1, 0.15) is 58.8 Å². The number of fused-ring (bicyclic) bond motifs is 1. The van der Waals surface area contributed by atoms with Gasteiger partial charge in [-0.3, -0.25) is 9.59 Å². The predicted octanol–water partition coefficient (Wildman–Crippen LogP) is 0.325. The number of nitrogens with zero attached hydrogens (tertiary/aromatic N) is 1. The van der Waals surface area contributed by atoms with Crippen molar-refractivity contribution >= 4 is 23.7 Å². The second kappa shape index (κ2) is 13.2. The van der Waals surface area contributed by atoms with Crippen molar-refractivity contribution in [2.75, 3.05) is 19.8 Å². The summed E-state index contributed by atoms with van der Waals surface area (Å²) >= 11 is 0. The average molecular weight is 456 g/mol. The number of ether oxygens (including phenoxy) is 3. The van der Waals surface area contributed by atoms with Gasteiger partial charge in [0.05, 0.1) is 19.6 Å². The Hall–Kier alpha value is -2.40. The number of rotatable bonds is 11. The second-order valence-corrected chi connectivity index (χ2v) is 8.35. The van der Waals surface area contributed by atoms with E-state index in [0.29, 0.717) is 36.4 Å². The highest BCUT2D eigenvalue weighted by molar-refractivity contribution is 5.85. The van der Waals surface area contributed by atoms with Gasteiger partial charge in [-0.2, -0.15) is 5.10 Å². The van der Waals surface area contributed by atoms with Gasteiger partial charge in [0.15, 0.2) is 0 Å². The Morgan fingerprint density at radius 3 is 2.56 bits per heavy atom. The number of nitrogens with one attached hydrogen (secondary N) is 2. The molecule has 6 N–H and O–H groups in total. The van der Waals surface area contributed by atoms with Gasteiger partial charge in [-0.15, -0.1) is 0 Å². The van der Waals surface area contributed by atoms with E-state index in [0.717, 1.165) is 32.2 Å². The fraction of sp³-hybridized carbons (Fsp3) is 0.810. The van der Waals surface area contributed by atoms with E-state index in [1.54, 1.807) is 13.8 Å². The molecule has 1 heterocycles. The minimum absolute atomic E-state index is 0.124. The minimum Gasteiger partial charge on any atom is -0.466 e. The lowest BCUT2D eigenvalue weighted by molar-refractivity contribution is -0.173. The first-order valence-electron chi connectivity index (χ1n) is 11.4. The summed E-state index contributed by atoms with van der Waals surface area (Å²) < 4.78 is 15.2. The van der Waals surface area contributed by atoms with Crippen LogP contribution >= 0.6 is 0 Å². The third-order valence-electron chi connectivity index (χ3n) is 6.18. The van der Waals surface area contributed by atoms with E-state index in [1.807, 2.05) is 0 Å². The van der Waals surface area contributed by atoms with Gasteiger partial charge in [0, 0.05) is 6.42 Å². The summed E-state index contributed by atoms with van der Waals surface area (Å²) in [6.07, 6.45) is 3.76. The summed E-state index contributed by atoms with van der Waals surface area (Å²) in [5.74, 6) is 5.13. The molecule has 11 heteroatoms. The molecule has 32 heavy (non-hydrogen) atoms. The molecule has 1 saturated carbocycles. The molecule has 2 aliphatic rings. The Morgan fingerprint density at radius 2 is 1.88 bits per heavy atom. The van der Waals surface area contributed by atoms with Crippen molar-refractivity contribution in [1.29, 1.82) is 0 Å². The molecule has 0 aromatic heterocycles. The zero-order chi connectivity index (χ0) is 23.5. The number of amidine groups is 1. The molecule has 0 bridgehead atoms. The molecule has 5 unspecified atom stereocenters. The lowest BCUT2D eigenvalue weighted by Gasteiger charge is -2.42. The van der Waals surface area contributed by atoms with Gasteiger partial charge in [0.2, 0.25) is 6.10 Å². The third-order valence-corrected chi connectivity index (χ3v) is 6.18. The highest BCUT2D eigenvalue weighted by Crippen LogP contribution is 2.40. The number of hydrogen-bond donors (Lipinski definition) is 4. The van der Waals surface area contributed by atoms with E-state index >= 15 is 0 Å². The van der Waals surface area contributed by atoms with Crippen LogP contribution < -0.4 is 22.4 Å². The summed E-state index contributed by atoms with van der Waals surface area (Å²) in [6, 6.07) is -0.526. The van der Waals surface area contributed by atoms with Crippen molar-refractivity contribution in [2.24, 2.45) is 34.4 Å². The van der Waals surface area contributed by atoms with Crippen molar-refractivity contribution in [3.63, 3.8) is 0 Å². The average Bonchev–Trinajstić information content (AvgIpc) is 2.77. The maximum Gasteiger partial charge on any atom is 0.348 e. The van der Waals surface area contributed by atoms with E-state index in [-0.39, 0.29) is 19.6 Å². The molecular weight excluding hydrogens is 418 g/mol. The maximum absolute atomic E-state index is 12.8. The van der Waals surface area contributed by atoms with Gasteiger partial charge in [0.1, 0.15) is 11.9 Å². The quantitative estimate of drug-likeness (QED) is 0.0850. The number of hydrazine groups is 1. The fourth-order valence-corrected chi connectivity index (χ4v) is 4.60. The number of carbonyl (C=O) groups is 3. The third kappa shape index (κ3) is 7.94. The molecule has 1 aliphatic heterocycles. The van der Waals surface area contributed by atoms with Crippen molar-refractivity contribution < 1.29 is 28.6 Å². The van der Waals surface area contributed by atoms with Crippen molar-refractivity contribution in [3.8, 4) is 0 Å². The molecule has 0 radical (unpaired) electrons. The number of hydrogen-bond acceptors (Lipinski definition) is 10. The topological polar surface area (TPSA) is 167 Å². The van der Waals surface area contributed by atoms with Gasteiger partial charge in [-0.25, -0.2) is 16.2 Å². The molecule has 2 fully saturated rings. The van der Waals surface area contributed by atoms with Crippen LogP contribution in [0.15, 0.2) is 5.10 Å². The largest absolute Gasteiger partial charge is 0.466 e. The van der Waals surface area contributed by atoms with Gasteiger partial charge < -0.3 is 25.3 Å². The molecule has 0 amide bonds.